The van der Waals surface area contributed by atoms with E-state index in [0.717, 1.165) is 75.9 Å². The molecule has 1 N–H and O–H groups in total. The largest absolute Gasteiger partial charge is 0.466 e. The number of unbranched alkanes of at least 4 members (excludes halogenated alkanes) is 4. The Morgan fingerprint density at radius 3 is 2.43 bits per heavy atom. The van der Waals surface area contributed by atoms with Crippen molar-refractivity contribution in [1.29, 1.82) is 0 Å². The van der Waals surface area contributed by atoms with Crippen LogP contribution in [0.25, 0.3) is 0 Å². The van der Waals surface area contributed by atoms with Crippen LogP contribution in [0.2, 0.25) is 0 Å². The Kier molecular flexibility index (Phi) is 13.7. The minimum atomic E-state index is -0.928. The standard InChI is InChI=1S/C43H55ClN2O3S2/c1-6-40(47)49-30-15-8-7-13-28-45-36-22-11-9-20-34(36)42(2,3)38(45)26-24-32-18-17-19-33(41(32)44)25-27-39-43(4,5)35-21-10-12-23-37(35)46(39)29-14-16-31-51(48)50/h9-12,20-27H,6-8,13-19,28-31H2,1-5H3/p+1. The number of nitrogens with zero attached hydrogens (tertiary/aromatic N) is 2. The van der Waals surface area contributed by atoms with E-state index in [1.807, 2.05) is 6.92 Å². The molecule has 51 heavy (non-hydrogen) atoms. The third-order valence-electron chi connectivity index (χ3n) is 10.7. The Balaban J connectivity index is 1.37. The van der Waals surface area contributed by atoms with Crippen LogP contribution in [0.15, 0.2) is 94.7 Å². The first-order chi connectivity index (χ1) is 24.5. The molecule has 1 aliphatic carbocycles. The highest BCUT2D eigenvalue weighted by Crippen LogP contribution is 2.48. The summed E-state index contributed by atoms with van der Waals surface area (Å²) in [6, 6.07) is 17.5. The third kappa shape index (κ3) is 9.22. The monoisotopic (exact) mass is 747 g/mol. The van der Waals surface area contributed by atoms with E-state index in [-0.39, 0.29) is 16.8 Å². The van der Waals surface area contributed by atoms with Gasteiger partial charge in [-0.25, -0.2) is 0 Å². The highest BCUT2D eigenvalue weighted by atomic mass is 35.5. The van der Waals surface area contributed by atoms with Crippen molar-refractivity contribution in [2.24, 2.45) is 0 Å². The van der Waals surface area contributed by atoms with E-state index < -0.39 is 9.74 Å². The number of hydrogen-bond donors (Lipinski definition) is 1. The molecular weight excluding hydrogens is 692 g/mol. The van der Waals surface area contributed by atoms with Crippen molar-refractivity contribution in [2.75, 3.05) is 30.3 Å². The van der Waals surface area contributed by atoms with Crippen LogP contribution < -0.4 is 4.90 Å². The number of hydrogen-bond acceptors (Lipinski definition) is 4. The number of halogens is 1. The van der Waals surface area contributed by atoms with Crippen molar-refractivity contribution >= 4 is 55.6 Å². The summed E-state index contributed by atoms with van der Waals surface area (Å²) in [5.74, 6) is 0.557. The van der Waals surface area contributed by atoms with Gasteiger partial charge >= 0.3 is 5.97 Å². The SMILES string of the molecule is CCC(=O)OCCCCCC[N+]1=C(/C=C/C2=C(Cl)C(=C/C=C3/N(CCCCS(O)=S)c4ccccc4C3(C)C)/CCC2)C(C)(C)c2ccccc21. The summed E-state index contributed by atoms with van der Waals surface area (Å²) >= 11 is 12.3. The summed E-state index contributed by atoms with van der Waals surface area (Å²) in [6.07, 6.45) is 18.6. The van der Waals surface area contributed by atoms with Gasteiger partial charge in [-0.2, -0.15) is 4.58 Å². The minimum absolute atomic E-state index is 0.117. The summed E-state index contributed by atoms with van der Waals surface area (Å²) in [5, 5.41) is 0.874. The second-order valence-corrected chi connectivity index (χ2v) is 17.5. The van der Waals surface area contributed by atoms with Gasteiger partial charge in [0.1, 0.15) is 6.54 Å². The number of anilines is 1. The Hall–Kier alpha value is -2.84. The van der Waals surface area contributed by atoms with E-state index >= 15 is 0 Å². The first-order valence-corrected chi connectivity index (χ1v) is 21.4. The van der Waals surface area contributed by atoms with Crippen molar-refractivity contribution in [3.63, 3.8) is 0 Å². The first kappa shape index (κ1) is 39.4. The van der Waals surface area contributed by atoms with Crippen molar-refractivity contribution in [2.45, 2.75) is 110 Å². The second kappa shape index (κ2) is 17.8. The molecule has 2 aromatic carbocycles. The van der Waals surface area contributed by atoms with Gasteiger partial charge in [0.25, 0.3) is 0 Å². The number of ether oxygens (including phenoxy) is 1. The van der Waals surface area contributed by atoms with Crippen molar-refractivity contribution in [1.82, 2.24) is 0 Å². The van der Waals surface area contributed by atoms with Crippen LogP contribution >= 0.6 is 11.6 Å². The molecule has 2 heterocycles. The lowest BCUT2D eigenvalue weighted by Crippen LogP contribution is -2.28. The van der Waals surface area contributed by atoms with Gasteiger partial charge in [-0.05, 0) is 105 Å². The molecule has 3 aliphatic rings. The summed E-state index contributed by atoms with van der Waals surface area (Å²) in [7, 11) is -0.928. The Morgan fingerprint density at radius 1 is 0.941 bits per heavy atom. The Bertz CT molecular complexity index is 1770. The van der Waals surface area contributed by atoms with Crippen LogP contribution in [-0.2, 0) is 41.3 Å². The van der Waals surface area contributed by atoms with E-state index in [4.69, 9.17) is 27.5 Å². The van der Waals surface area contributed by atoms with E-state index in [0.29, 0.717) is 18.8 Å². The van der Waals surface area contributed by atoms with Gasteiger partial charge in [0.2, 0.25) is 5.69 Å². The zero-order chi connectivity index (χ0) is 36.6. The van der Waals surface area contributed by atoms with Crippen molar-refractivity contribution in [3.05, 3.63) is 106 Å². The maximum Gasteiger partial charge on any atom is 0.305 e. The van der Waals surface area contributed by atoms with Crippen LogP contribution in [0.4, 0.5) is 11.4 Å². The van der Waals surface area contributed by atoms with Gasteiger partial charge in [-0.1, -0.05) is 80.9 Å². The second-order valence-electron chi connectivity index (χ2n) is 15.0. The molecule has 2 aromatic rings. The third-order valence-corrected chi connectivity index (χ3v) is 12.3. The number of benzene rings is 2. The van der Waals surface area contributed by atoms with Crippen molar-refractivity contribution < 1.29 is 18.7 Å². The zero-order valence-electron chi connectivity index (χ0n) is 31.2. The molecular formula is C43H56ClN2O3S2+. The number of allylic oxidation sites excluding steroid dienone is 8. The molecule has 5 nitrogen and oxygen atoms in total. The summed E-state index contributed by atoms with van der Waals surface area (Å²) in [6.45, 7) is 13.5. The molecule has 1 unspecified atom stereocenters. The predicted molar refractivity (Wildman–Crippen MR) is 219 cm³/mol. The molecule has 0 saturated heterocycles. The summed E-state index contributed by atoms with van der Waals surface area (Å²) in [4.78, 5) is 13.9. The Labute approximate surface area is 318 Å². The van der Waals surface area contributed by atoms with Gasteiger partial charge in [-0.3, -0.25) is 4.79 Å². The average molecular weight is 749 g/mol. The van der Waals surface area contributed by atoms with Gasteiger partial charge in [0, 0.05) is 74.4 Å². The van der Waals surface area contributed by atoms with Crippen LogP contribution in [0.1, 0.15) is 110 Å². The quantitative estimate of drug-likeness (QED) is 0.105. The number of esters is 1. The zero-order valence-corrected chi connectivity index (χ0v) is 33.6. The highest BCUT2D eigenvalue weighted by molar-refractivity contribution is 8.25. The van der Waals surface area contributed by atoms with Crippen LogP contribution in [0, 0.1) is 0 Å². The molecule has 2 aliphatic heterocycles. The van der Waals surface area contributed by atoms with Gasteiger partial charge in [0.15, 0.2) is 5.71 Å². The minimum Gasteiger partial charge on any atom is -0.466 e. The number of para-hydroxylation sites is 2. The molecule has 1 atom stereocenters. The van der Waals surface area contributed by atoms with E-state index in [1.54, 1.807) is 0 Å². The first-order valence-electron chi connectivity index (χ1n) is 18.8. The lowest BCUT2D eigenvalue weighted by Gasteiger charge is -2.27. The molecule has 0 spiro atoms. The molecule has 0 radical (unpaired) electrons. The van der Waals surface area contributed by atoms with E-state index in [9.17, 15) is 9.35 Å². The fraction of sp³-hybridized carbons (Fsp3) is 0.488. The smallest absolute Gasteiger partial charge is 0.305 e. The maximum atomic E-state index is 11.5. The lowest BCUT2D eigenvalue weighted by atomic mass is 9.81. The lowest BCUT2D eigenvalue weighted by molar-refractivity contribution is -0.438. The number of fused-ring (bicyclic) bond motifs is 2. The number of carbonyl (C=O) groups is 1. The fourth-order valence-corrected chi connectivity index (χ4v) is 8.96. The molecule has 0 fully saturated rings. The van der Waals surface area contributed by atoms with E-state index in [2.05, 4.69) is 110 Å². The van der Waals surface area contributed by atoms with Crippen LogP contribution in [0.3, 0.4) is 0 Å². The predicted octanol–water partition coefficient (Wildman–Crippen LogP) is 10.8. The van der Waals surface area contributed by atoms with E-state index in [1.165, 1.54) is 45.1 Å². The van der Waals surface area contributed by atoms with Gasteiger partial charge in [-0.15, -0.1) is 0 Å². The van der Waals surface area contributed by atoms with Gasteiger partial charge < -0.3 is 14.2 Å². The normalized spacial score (nSPS) is 20.1. The highest BCUT2D eigenvalue weighted by Gasteiger charge is 2.44. The van der Waals surface area contributed by atoms with Crippen LogP contribution in [0.5, 0.6) is 0 Å². The molecule has 0 aromatic heterocycles. The number of rotatable bonds is 16. The molecule has 5 rings (SSSR count). The topological polar surface area (TPSA) is 52.8 Å². The maximum absolute atomic E-state index is 11.5. The number of carbonyl (C=O) groups excluding carboxylic acids is 1. The molecule has 274 valence electrons. The fourth-order valence-electron chi connectivity index (χ4n) is 7.84. The average Bonchev–Trinajstić information content (AvgIpc) is 3.46. The summed E-state index contributed by atoms with van der Waals surface area (Å²) < 4.78 is 17.4. The van der Waals surface area contributed by atoms with Crippen molar-refractivity contribution in [3.8, 4) is 0 Å². The molecule has 0 saturated carbocycles. The molecule has 0 amide bonds. The molecule has 0 bridgehead atoms. The summed E-state index contributed by atoms with van der Waals surface area (Å²) in [5.41, 5.74) is 9.98. The molecule has 8 heteroatoms. The van der Waals surface area contributed by atoms with Crippen LogP contribution in [-0.4, -0.2) is 46.3 Å². The Morgan fingerprint density at radius 2 is 1.67 bits per heavy atom. The van der Waals surface area contributed by atoms with Gasteiger partial charge in [0.05, 0.1) is 12.0 Å².